The second-order valence-corrected chi connectivity index (χ2v) is 4.08. The van der Waals surface area contributed by atoms with Gasteiger partial charge in [-0.2, -0.15) is 0 Å². The van der Waals surface area contributed by atoms with Gasteiger partial charge >= 0.3 is 0 Å². The molecule has 0 saturated heterocycles. The highest BCUT2D eigenvalue weighted by Crippen LogP contribution is 2.13. The molecular formula is C15H14N2O. The zero-order valence-electron chi connectivity index (χ0n) is 10.1. The molecule has 2 aromatic rings. The maximum absolute atomic E-state index is 10.9. The third-order valence-electron chi connectivity index (χ3n) is 2.56. The minimum absolute atomic E-state index is 0.427. The minimum Gasteiger partial charge on any atom is -0.366 e. The molecule has 18 heavy (non-hydrogen) atoms. The Morgan fingerprint density at radius 2 is 1.89 bits per heavy atom. The van der Waals surface area contributed by atoms with E-state index in [1.165, 1.54) is 5.56 Å². The predicted molar refractivity (Wildman–Crippen MR) is 73.4 cm³/mol. The number of rotatable bonds is 3. The van der Waals surface area contributed by atoms with E-state index in [-0.39, 0.29) is 0 Å². The third-order valence-corrected chi connectivity index (χ3v) is 2.56. The number of hydrogen-bond acceptors (Lipinski definition) is 2. The lowest BCUT2D eigenvalue weighted by Crippen LogP contribution is -2.10. The van der Waals surface area contributed by atoms with E-state index < -0.39 is 5.91 Å². The molecule has 0 bridgehead atoms. The number of nitrogens with two attached hydrogens (primary N) is 1. The summed E-state index contributed by atoms with van der Waals surface area (Å²) in [4.78, 5) is 15.3. The van der Waals surface area contributed by atoms with Gasteiger partial charge in [-0.3, -0.25) is 9.79 Å². The Morgan fingerprint density at radius 3 is 2.50 bits per heavy atom. The molecular weight excluding hydrogens is 224 g/mol. The fourth-order valence-corrected chi connectivity index (χ4v) is 1.61. The standard InChI is InChI=1S/C15H14N2O/c1-11-3-2-4-12(9-11)10-17-14-7-5-13(6-8-14)15(16)18/h2-10H,1H3,(H2,16,18). The van der Waals surface area contributed by atoms with Gasteiger partial charge in [0, 0.05) is 11.8 Å². The molecule has 0 saturated carbocycles. The van der Waals surface area contributed by atoms with E-state index in [1.807, 2.05) is 25.1 Å². The molecule has 2 rings (SSSR count). The van der Waals surface area contributed by atoms with Crippen LogP contribution in [0.3, 0.4) is 0 Å². The number of carbonyl (C=O) groups is 1. The highest BCUT2D eigenvalue weighted by molar-refractivity contribution is 5.93. The van der Waals surface area contributed by atoms with Crippen LogP contribution >= 0.6 is 0 Å². The van der Waals surface area contributed by atoms with Crippen molar-refractivity contribution in [2.75, 3.05) is 0 Å². The molecule has 3 heteroatoms. The predicted octanol–water partition coefficient (Wildman–Crippen LogP) is 2.84. The summed E-state index contributed by atoms with van der Waals surface area (Å²) in [5.41, 5.74) is 8.70. The van der Waals surface area contributed by atoms with Crippen LogP contribution in [0.1, 0.15) is 21.5 Å². The molecule has 0 aliphatic carbocycles. The van der Waals surface area contributed by atoms with Crippen LogP contribution in [-0.4, -0.2) is 12.1 Å². The number of aryl methyl sites for hydroxylation is 1. The molecule has 0 unspecified atom stereocenters. The second-order valence-electron chi connectivity index (χ2n) is 4.08. The number of benzene rings is 2. The molecule has 1 amide bonds. The summed E-state index contributed by atoms with van der Waals surface area (Å²) in [6, 6.07) is 15.0. The Kier molecular flexibility index (Phi) is 3.53. The van der Waals surface area contributed by atoms with E-state index in [0.29, 0.717) is 5.56 Å². The van der Waals surface area contributed by atoms with Crippen LogP contribution in [0.2, 0.25) is 0 Å². The van der Waals surface area contributed by atoms with Crippen LogP contribution in [0.25, 0.3) is 0 Å². The molecule has 0 aliphatic rings. The number of carbonyl (C=O) groups excluding carboxylic acids is 1. The van der Waals surface area contributed by atoms with Crippen LogP contribution in [0.15, 0.2) is 53.5 Å². The van der Waals surface area contributed by atoms with Crippen LogP contribution in [0, 0.1) is 6.92 Å². The van der Waals surface area contributed by atoms with E-state index in [2.05, 4.69) is 11.1 Å². The first-order valence-electron chi connectivity index (χ1n) is 5.66. The summed E-state index contributed by atoms with van der Waals surface area (Å²) in [7, 11) is 0. The van der Waals surface area contributed by atoms with E-state index in [1.54, 1.807) is 30.5 Å². The van der Waals surface area contributed by atoms with Crippen molar-refractivity contribution >= 4 is 17.8 Å². The van der Waals surface area contributed by atoms with E-state index in [4.69, 9.17) is 5.73 Å². The number of primary amides is 1. The Bertz CT molecular complexity index is 586. The number of aliphatic imine (C=N–C) groups is 1. The van der Waals surface area contributed by atoms with Crippen molar-refractivity contribution in [3.8, 4) is 0 Å². The van der Waals surface area contributed by atoms with Crippen molar-refractivity contribution in [1.82, 2.24) is 0 Å². The van der Waals surface area contributed by atoms with E-state index in [9.17, 15) is 4.79 Å². The third kappa shape index (κ3) is 3.04. The molecule has 2 N–H and O–H groups in total. The fraction of sp³-hybridized carbons (Fsp3) is 0.0667. The maximum atomic E-state index is 10.9. The van der Waals surface area contributed by atoms with Crippen LogP contribution in [0.5, 0.6) is 0 Å². The Labute approximate surface area is 106 Å². The van der Waals surface area contributed by atoms with Gasteiger partial charge in [-0.05, 0) is 36.8 Å². The first-order chi connectivity index (χ1) is 8.65. The number of nitrogens with zero attached hydrogens (tertiary/aromatic N) is 1. The average molecular weight is 238 g/mol. The van der Waals surface area contributed by atoms with Gasteiger partial charge in [0.2, 0.25) is 5.91 Å². The SMILES string of the molecule is Cc1cccc(C=Nc2ccc(C(N)=O)cc2)c1. The van der Waals surface area contributed by atoms with Gasteiger partial charge in [0.05, 0.1) is 5.69 Å². The topological polar surface area (TPSA) is 55.4 Å². The lowest BCUT2D eigenvalue weighted by atomic mass is 10.1. The maximum Gasteiger partial charge on any atom is 0.248 e. The summed E-state index contributed by atoms with van der Waals surface area (Å²) in [6.07, 6.45) is 1.80. The summed E-state index contributed by atoms with van der Waals surface area (Å²) in [6.45, 7) is 2.04. The molecule has 0 fully saturated rings. The normalized spacial score (nSPS) is 10.7. The molecule has 0 heterocycles. The zero-order chi connectivity index (χ0) is 13.0. The van der Waals surface area contributed by atoms with Crippen molar-refractivity contribution in [1.29, 1.82) is 0 Å². The average Bonchev–Trinajstić information content (AvgIpc) is 2.37. The van der Waals surface area contributed by atoms with Gasteiger partial charge in [0.15, 0.2) is 0 Å². The number of hydrogen-bond donors (Lipinski definition) is 1. The highest BCUT2D eigenvalue weighted by atomic mass is 16.1. The molecule has 90 valence electrons. The molecule has 0 spiro atoms. The molecule has 0 aliphatic heterocycles. The quantitative estimate of drug-likeness (QED) is 0.821. The first kappa shape index (κ1) is 12.0. The molecule has 0 atom stereocenters. The summed E-state index contributed by atoms with van der Waals surface area (Å²) in [5.74, 6) is -0.427. The monoisotopic (exact) mass is 238 g/mol. The molecule has 0 aromatic heterocycles. The zero-order valence-corrected chi connectivity index (χ0v) is 10.1. The minimum atomic E-state index is -0.427. The van der Waals surface area contributed by atoms with Crippen molar-refractivity contribution in [3.05, 3.63) is 65.2 Å². The van der Waals surface area contributed by atoms with Gasteiger partial charge < -0.3 is 5.73 Å². The van der Waals surface area contributed by atoms with Crippen LogP contribution < -0.4 is 5.73 Å². The number of amides is 1. The molecule has 3 nitrogen and oxygen atoms in total. The largest absolute Gasteiger partial charge is 0.366 e. The van der Waals surface area contributed by atoms with Gasteiger partial charge in [0.1, 0.15) is 0 Å². The van der Waals surface area contributed by atoms with Crippen molar-refractivity contribution in [2.24, 2.45) is 10.7 Å². The second kappa shape index (κ2) is 5.27. The fourth-order valence-electron chi connectivity index (χ4n) is 1.61. The van der Waals surface area contributed by atoms with E-state index >= 15 is 0 Å². The van der Waals surface area contributed by atoms with Crippen molar-refractivity contribution in [2.45, 2.75) is 6.92 Å². The summed E-state index contributed by atoms with van der Waals surface area (Å²) >= 11 is 0. The lowest BCUT2D eigenvalue weighted by Gasteiger charge is -1.97. The van der Waals surface area contributed by atoms with Crippen molar-refractivity contribution < 1.29 is 4.79 Å². The Morgan fingerprint density at radius 1 is 1.17 bits per heavy atom. The summed E-state index contributed by atoms with van der Waals surface area (Å²) < 4.78 is 0. The first-order valence-corrected chi connectivity index (χ1v) is 5.66. The Hall–Kier alpha value is -2.42. The van der Waals surface area contributed by atoms with Gasteiger partial charge in [0.25, 0.3) is 0 Å². The van der Waals surface area contributed by atoms with Crippen LogP contribution in [0.4, 0.5) is 5.69 Å². The summed E-state index contributed by atoms with van der Waals surface area (Å²) in [5, 5.41) is 0. The molecule has 2 aromatic carbocycles. The van der Waals surface area contributed by atoms with Crippen molar-refractivity contribution in [3.63, 3.8) is 0 Å². The molecule has 0 radical (unpaired) electrons. The lowest BCUT2D eigenvalue weighted by molar-refractivity contribution is 0.100. The van der Waals surface area contributed by atoms with Crippen LogP contribution in [-0.2, 0) is 0 Å². The highest BCUT2D eigenvalue weighted by Gasteiger charge is 1.98. The van der Waals surface area contributed by atoms with Gasteiger partial charge in [-0.25, -0.2) is 0 Å². The smallest absolute Gasteiger partial charge is 0.248 e. The van der Waals surface area contributed by atoms with E-state index in [0.717, 1.165) is 11.3 Å². The van der Waals surface area contributed by atoms with Gasteiger partial charge in [-0.1, -0.05) is 29.8 Å². The Balaban J connectivity index is 2.16. The van der Waals surface area contributed by atoms with Gasteiger partial charge in [-0.15, -0.1) is 0 Å².